The maximum atomic E-state index is 13.0. The van der Waals surface area contributed by atoms with Crippen molar-refractivity contribution in [1.29, 1.82) is 0 Å². The molecule has 0 radical (unpaired) electrons. The number of carbonyl (C=O) groups is 1. The van der Waals surface area contributed by atoms with Crippen LogP contribution in [0.1, 0.15) is 18.9 Å². The average Bonchev–Trinajstić information content (AvgIpc) is 2.98. The van der Waals surface area contributed by atoms with Crippen molar-refractivity contribution >= 4 is 43.2 Å². The minimum absolute atomic E-state index is 0.0282. The summed E-state index contributed by atoms with van der Waals surface area (Å²) in [6.45, 7) is 2.20. The number of carbonyl (C=O) groups excluding carboxylic acids is 1. The van der Waals surface area contributed by atoms with Crippen molar-refractivity contribution < 1.29 is 17.6 Å². The van der Waals surface area contributed by atoms with Crippen LogP contribution in [-0.2, 0) is 21.2 Å². The molecule has 0 fully saturated rings. The summed E-state index contributed by atoms with van der Waals surface area (Å²) in [6, 6.07) is 8.35. The molecule has 0 aliphatic carbocycles. The van der Waals surface area contributed by atoms with Crippen LogP contribution in [0.5, 0.6) is 0 Å². The maximum Gasteiger partial charge on any atom is 0.264 e. The number of hydrogen-bond acceptors (Lipinski definition) is 3. The highest BCUT2D eigenvalue weighted by Gasteiger charge is 2.32. The van der Waals surface area contributed by atoms with E-state index in [9.17, 15) is 17.6 Å². The van der Waals surface area contributed by atoms with E-state index in [1.807, 2.05) is 6.07 Å². The fraction of sp³-hybridized carbons (Fsp3) is 0.235. The highest BCUT2D eigenvalue weighted by Crippen LogP contribution is 2.38. The van der Waals surface area contributed by atoms with Crippen molar-refractivity contribution in [2.24, 2.45) is 0 Å². The molecule has 8 heteroatoms. The van der Waals surface area contributed by atoms with Crippen LogP contribution in [0.3, 0.4) is 0 Å². The molecule has 0 saturated carbocycles. The van der Waals surface area contributed by atoms with Crippen LogP contribution < -0.4 is 9.62 Å². The second kappa shape index (κ2) is 6.76. The Balaban J connectivity index is 2.07. The van der Waals surface area contributed by atoms with Gasteiger partial charge < -0.3 is 4.90 Å². The van der Waals surface area contributed by atoms with Gasteiger partial charge in [-0.2, -0.15) is 0 Å². The van der Waals surface area contributed by atoms with Gasteiger partial charge in [0.05, 0.1) is 5.69 Å². The van der Waals surface area contributed by atoms with E-state index < -0.39 is 15.8 Å². The first kappa shape index (κ1) is 17.9. The molecular formula is C17H16BrFN2O3S. The number of amides is 1. The Hall–Kier alpha value is -1.93. The Morgan fingerprint density at radius 1 is 1.28 bits per heavy atom. The monoisotopic (exact) mass is 426 g/mol. The molecule has 5 nitrogen and oxygen atoms in total. The second-order valence-corrected chi connectivity index (χ2v) is 8.24. The molecule has 1 heterocycles. The number of fused-ring (bicyclic) bond motifs is 1. The number of anilines is 2. The summed E-state index contributed by atoms with van der Waals surface area (Å²) in [4.78, 5) is 13.7. The van der Waals surface area contributed by atoms with Gasteiger partial charge in [0.1, 0.15) is 10.7 Å². The molecule has 0 saturated heterocycles. The van der Waals surface area contributed by atoms with E-state index in [0.717, 1.165) is 5.56 Å². The fourth-order valence-corrected chi connectivity index (χ4v) is 4.83. The lowest BCUT2D eigenvalue weighted by molar-refractivity contribution is -0.118. The topological polar surface area (TPSA) is 66.5 Å². The molecule has 1 aliphatic rings. The normalized spacial score (nSPS) is 13.6. The number of benzene rings is 2. The lowest BCUT2D eigenvalue weighted by atomic mass is 10.2. The van der Waals surface area contributed by atoms with Crippen LogP contribution in [-0.4, -0.2) is 20.9 Å². The Morgan fingerprint density at radius 3 is 2.60 bits per heavy atom. The molecule has 2 aromatic rings. The summed E-state index contributed by atoms with van der Waals surface area (Å²) in [5.74, 6) is -0.578. The number of nitrogens with zero attached hydrogens (tertiary/aromatic N) is 1. The number of hydrogen-bond donors (Lipinski definition) is 1. The van der Waals surface area contributed by atoms with E-state index in [1.165, 1.54) is 35.2 Å². The Labute approximate surface area is 154 Å². The summed E-state index contributed by atoms with van der Waals surface area (Å²) in [6.07, 6.45) is 0.889. The Morgan fingerprint density at radius 2 is 1.96 bits per heavy atom. The molecule has 1 aliphatic heterocycles. The van der Waals surface area contributed by atoms with Gasteiger partial charge in [0, 0.05) is 23.1 Å². The Kier molecular flexibility index (Phi) is 4.83. The van der Waals surface area contributed by atoms with E-state index in [1.54, 1.807) is 6.92 Å². The number of rotatable bonds is 4. The van der Waals surface area contributed by atoms with Gasteiger partial charge in [-0.25, -0.2) is 12.8 Å². The van der Waals surface area contributed by atoms with Crippen molar-refractivity contribution in [2.45, 2.75) is 24.7 Å². The molecule has 0 atom stereocenters. The summed E-state index contributed by atoms with van der Waals surface area (Å²) < 4.78 is 41.9. The number of sulfonamides is 1. The van der Waals surface area contributed by atoms with E-state index in [0.29, 0.717) is 29.5 Å². The molecule has 2 aromatic carbocycles. The quantitative estimate of drug-likeness (QED) is 0.810. The van der Waals surface area contributed by atoms with E-state index >= 15 is 0 Å². The third-order valence-electron chi connectivity index (χ3n) is 3.98. The molecule has 132 valence electrons. The highest BCUT2D eigenvalue weighted by atomic mass is 79.9. The van der Waals surface area contributed by atoms with Crippen molar-refractivity contribution in [2.75, 3.05) is 16.2 Å². The average molecular weight is 427 g/mol. The van der Waals surface area contributed by atoms with Crippen molar-refractivity contribution in [3.63, 3.8) is 0 Å². The highest BCUT2D eigenvalue weighted by molar-refractivity contribution is 9.10. The van der Waals surface area contributed by atoms with Crippen molar-refractivity contribution in [1.82, 2.24) is 0 Å². The first-order valence-corrected chi connectivity index (χ1v) is 10.0. The van der Waals surface area contributed by atoms with Gasteiger partial charge in [-0.15, -0.1) is 0 Å². The summed E-state index contributed by atoms with van der Waals surface area (Å²) >= 11 is 3.33. The zero-order valence-corrected chi connectivity index (χ0v) is 15.8. The van der Waals surface area contributed by atoms with Gasteiger partial charge in [-0.05, 0) is 48.4 Å². The third-order valence-corrected chi connectivity index (χ3v) is 5.84. The van der Waals surface area contributed by atoms with Crippen LogP contribution in [0.25, 0.3) is 0 Å². The molecular weight excluding hydrogens is 411 g/mol. The first-order chi connectivity index (χ1) is 11.8. The van der Waals surface area contributed by atoms with Gasteiger partial charge in [0.25, 0.3) is 10.0 Å². The van der Waals surface area contributed by atoms with Crippen LogP contribution in [0.2, 0.25) is 0 Å². The first-order valence-electron chi connectivity index (χ1n) is 7.73. The van der Waals surface area contributed by atoms with Crippen molar-refractivity contribution in [3.05, 3.63) is 52.3 Å². The summed E-state index contributed by atoms with van der Waals surface area (Å²) in [7, 11) is -3.94. The molecule has 0 aromatic heterocycles. The van der Waals surface area contributed by atoms with E-state index in [-0.39, 0.29) is 16.5 Å². The van der Waals surface area contributed by atoms with E-state index in [2.05, 4.69) is 20.7 Å². The van der Waals surface area contributed by atoms with Gasteiger partial charge in [0.2, 0.25) is 5.91 Å². The molecule has 1 amide bonds. The number of halogens is 2. The van der Waals surface area contributed by atoms with Crippen LogP contribution in [0.15, 0.2) is 45.8 Å². The lowest BCUT2D eigenvalue weighted by Crippen LogP contribution is -2.29. The fourth-order valence-electron chi connectivity index (χ4n) is 2.84. The third kappa shape index (κ3) is 3.55. The summed E-state index contributed by atoms with van der Waals surface area (Å²) in [5, 5.41) is 0. The van der Waals surface area contributed by atoms with Gasteiger partial charge in [0.15, 0.2) is 0 Å². The number of nitrogens with one attached hydrogen (secondary N) is 1. The van der Waals surface area contributed by atoms with Gasteiger partial charge >= 0.3 is 0 Å². The maximum absolute atomic E-state index is 13.0. The van der Waals surface area contributed by atoms with Crippen LogP contribution >= 0.6 is 15.9 Å². The minimum Gasteiger partial charge on any atom is -0.310 e. The van der Waals surface area contributed by atoms with Crippen LogP contribution in [0.4, 0.5) is 15.8 Å². The van der Waals surface area contributed by atoms with Crippen molar-refractivity contribution in [3.8, 4) is 0 Å². The zero-order chi connectivity index (χ0) is 18.2. The molecule has 3 rings (SSSR count). The largest absolute Gasteiger partial charge is 0.310 e. The second-order valence-electron chi connectivity index (χ2n) is 5.67. The lowest BCUT2D eigenvalue weighted by Gasteiger charge is -2.20. The van der Waals surface area contributed by atoms with Gasteiger partial charge in [-0.1, -0.05) is 22.9 Å². The minimum atomic E-state index is -3.94. The Bertz CT molecular complexity index is 930. The zero-order valence-electron chi connectivity index (χ0n) is 13.4. The molecule has 25 heavy (non-hydrogen) atoms. The standard InChI is InChI=1S/C17H16BrFN2O3S/c1-2-16(22)21-8-7-11-9-12(18)10-15(17(11)21)25(23,24)20-14-5-3-13(19)4-6-14/h3-6,9-10,20H,2,7-8H2,1H3. The van der Waals surface area contributed by atoms with E-state index in [4.69, 9.17) is 0 Å². The molecule has 0 spiro atoms. The SMILES string of the molecule is CCC(=O)N1CCc2cc(Br)cc(S(=O)(=O)Nc3ccc(F)cc3)c21. The molecule has 0 unspecified atom stereocenters. The van der Waals surface area contributed by atoms with Gasteiger partial charge in [-0.3, -0.25) is 9.52 Å². The summed E-state index contributed by atoms with van der Waals surface area (Å²) in [5.41, 5.74) is 1.47. The van der Waals surface area contributed by atoms with Crippen LogP contribution in [0, 0.1) is 5.82 Å². The molecule has 1 N–H and O–H groups in total. The smallest absolute Gasteiger partial charge is 0.264 e. The predicted octanol–water partition coefficient (Wildman–Crippen LogP) is 3.69. The molecule has 0 bridgehead atoms. The predicted molar refractivity (Wildman–Crippen MR) is 97.7 cm³/mol.